The van der Waals surface area contributed by atoms with Crippen molar-refractivity contribution in [2.75, 3.05) is 11.9 Å². The Hall–Kier alpha value is -2.08. The number of para-hydroxylation sites is 2. The second-order valence-electron chi connectivity index (χ2n) is 5.75. The summed E-state index contributed by atoms with van der Waals surface area (Å²) >= 11 is 3.54. The van der Waals surface area contributed by atoms with Crippen LogP contribution in [0.4, 0.5) is 5.69 Å². The van der Waals surface area contributed by atoms with Gasteiger partial charge in [0.05, 0.1) is 10.7 Å². The van der Waals surface area contributed by atoms with Gasteiger partial charge in [0, 0.05) is 30.1 Å². The highest BCUT2D eigenvalue weighted by Crippen LogP contribution is 2.40. The second kappa shape index (κ2) is 7.44. The maximum absolute atomic E-state index is 9.19. The topological polar surface area (TPSA) is 36.1 Å². The average Bonchev–Trinajstić information content (AvgIpc) is 3.20. The molecular weight excluding hydrogens is 348 g/mol. The molecule has 0 bridgehead atoms. The number of aryl methyl sites for hydroxylation is 1. The minimum Gasteiger partial charge on any atom is -0.396 e. The molecule has 2 N–H and O–H groups in total. The Bertz CT molecular complexity index is 932. The number of nitrogens with one attached hydrogen (secondary N) is 1. The van der Waals surface area contributed by atoms with Gasteiger partial charge in [-0.1, -0.05) is 53.4 Å². The van der Waals surface area contributed by atoms with Crippen molar-refractivity contribution in [3.63, 3.8) is 0 Å². The quantitative estimate of drug-likeness (QED) is 0.645. The summed E-state index contributed by atoms with van der Waals surface area (Å²) < 4.78 is 3.56. The highest BCUT2D eigenvalue weighted by atomic mass is 32.2. The van der Waals surface area contributed by atoms with Gasteiger partial charge in [-0.2, -0.15) is 4.57 Å². The molecule has 2 aromatic carbocycles. The van der Waals surface area contributed by atoms with Crippen LogP contribution in [-0.2, 0) is 6.54 Å². The average molecular weight is 368 g/mol. The van der Waals surface area contributed by atoms with E-state index >= 15 is 0 Å². The molecule has 126 valence electrons. The van der Waals surface area contributed by atoms with E-state index < -0.39 is 0 Å². The van der Waals surface area contributed by atoms with Gasteiger partial charge >= 0.3 is 0 Å². The van der Waals surface area contributed by atoms with Crippen LogP contribution >= 0.6 is 23.1 Å². The van der Waals surface area contributed by atoms with E-state index in [0.717, 1.165) is 18.0 Å². The number of aromatic nitrogens is 1. The fourth-order valence-electron chi connectivity index (χ4n) is 2.87. The van der Waals surface area contributed by atoms with E-state index in [-0.39, 0.29) is 6.61 Å². The van der Waals surface area contributed by atoms with Crippen LogP contribution in [0.3, 0.4) is 0 Å². The lowest BCUT2D eigenvalue weighted by atomic mass is 10.3. The first kappa shape index (κ1) is 16.4. The zero-order chi connectivity index (χ0) is 17.1. The highest BCUT2D eigenvalue weighted by Gasteiger charge is 2.17. The zero-order valence-electron chi connectivity index (χ0n) is 13.7. The van der Waals surface area contributed by atoms with Gasteiger partial charge in [-0.3, -0.25) is 0 Å². The Morgan fingerprint density at radius 3 is 2.80 bits per heavy atom. The molecule has 2 heterocycles. The van der Waals surface area contributed by atoms with Gasteiger partial charge in [0.25, 0.3) is 5.01 Å². The Morgan fingerprint density at radius 2 is 1.92 bits per heavy atom. The van der Waals surface area contributed by atoms with Crippen molar-refractivity contribution >= 4 is 45.1 Å². The van der Waals surface area contributed by atoms with E-state index in [2.05, 4.69) is 70.6 Å². The molecule has 0 saturated heterocycles. The Labute approximate surface area is 155 Å². The van der Waals surface area contributed by atoms with Gasteiger partial charge in [0.1, 0.15) is 4.70 Å². The number of thioether (sulfide) groups is 1. The monoisotopic (exact) mass is 367 g/mol. The van der Waals surface area contributed by atoms with Gasteiger partial charge in [-0.05, 0) is 24.3 Å². The summed E-state index contributed by atoms with van der Waals surface area (Å²) in [5.41, 5.74) is 2.40. The number of thiazole rings is 1. The minimum absolute atomic E-state index is 0.212. The van der Waals surface area contributed by atoms with Crippen molar-refractivity contribution in [3.8, 4) is 0 Å². The summed E-state index contributed by atoms with van der Waals surface area (Å²) in [5.74, 6) is 0. The summed E-state index contributed by atoms with van der Waals surface area (Å²) in [4.78, 5) is 1.27. The molecule has 3 aromatic rings. The molecule has 4 rings (SSSR count). The van der Waals surface area contributed by atoms with Crippen molar-refractivity contribution < 1.29 is 9.67 Å². The van der Waals surface area contributed by atoms with Crippen LogP contribution in [0.5, 0.6) is 0 Å². The van der Waals surface area contributed by atoms with Crippen LogP contribution in [0.1, 0.15) is 11.4 Å². The van der Waals surface area contributed by atoms with E-state index in [1.807, 2.05) is 6.07 Å². The Kier molecular flexibility index (Phi) is 4.88. The molecule has 0 radical (unpaired) electrons. The molecule has 0 unspecified atom stereocenters. The van der Waals surface area contributed by atoms with Gasteiger partial charge in [-0.15, -0.1) is 0 Å². The third kappa shape index (κ3) is 3.49. The van der Waals surface area contributed by atoms with Crippen molar-refractivity contribution in [3.05, 3.63) is 70.7 Å². The predicted molar refractivity (Wildman–Crippen MR) is 107 cm³/mol. The molecule has 1 aliphatic heterocycles. The van der Waals surface area contributed by atoms with E-state index in [1.54, 1.807) is 23.1 Å². The lowest BCUT2D eigenvalue weighted by Gasteiger charge is -1.96. The molecule has 1 aliphatic rings. The summed E-state index contributed by atoms with van der Waals surface area (Å²) in [6.07, 6.45) is 7.13. The minimum atomic E-state index is 0.212. The van der Waals surface area contributed by atoms with Crippen LogP contribution in [0, 0.1) is 0 Å². The van der Waals surface area contributed by atoms with Crippen LogP contribution < -0.4 is 9.88 Å². The molecule has 1 aromatic heterocycles. The maximum Gasteiger partial charge on any atom is 0.262 e. The fraction of sp³-hybridized carbons (Fsp3) is 0.150. The second-order valence-corrected chi connectivity index (χ2v) is 7.90. The molecule has 0 fully saturated rings. The molecule has 0 spiro atoms. The van der Waals surface area contributed by atoms with Gasteiger partial charge < -0.3 is 10.4 Å². The molecule has 0 aliphatic carbocycles. The van der Waals surface area contributed by atoms with Gasteiger partial charge in [0.15, 0.2) is 6.54 Å². The molecule has 0 saturated carbocycles. The number of rotatable bonds is 5. The van der Waals surface area contributed by atoms with E-state index in [1.165, 1.54) is 25.8 Å². The molecule has 0 amide bonds. The predicted octanol–water partition coefficient (Wildman–Crippen LogP) is 4.64. The molecule has 0 atom stereocenters. The summed E-state index contributed by atoms with van der Waals surface area (Å²) in [6.45, 7) is 1.04. The summed E-state index contributed by atoms with van der Waals surface area (Å²) in [7, 11) is 0. The molecule has 5 heteroatoms. The first-order chi connectivity index (χ1) is 12.3. The number of fused-ring (bicyclic) bond motifs is 2. The van der Waals surface area contributed by atoms with Crippen molar-refractivity contribution in [1.29, 1.82) is 0 Å². The molecular formula is C20H19N2OS2+. The van der Waals surface area contributed by atoms with E-state index in [4.69, 9.17) is 0 Å². The van der Waals surface area contributed by atoms with Crippen LogP contribution in [0.2, 0.25) is 0 Å². The summed E-state index contributed by atoms with van der Waals surface area (Å²) in [5, 5.41) is 15.0. The SMILES string of the molecule is OCCC[n+]1c(C=CC=C2Nc3ccccc3S2)sc2ccccc21. The van der Waals surface area contributed by atoms with Gasteiger partial charge in [-0.25, -0.2) is 0 Å². The molecule has 25 heavy (non-hydrogen) atoms. The summed E-state index contributed by atoms with van der Waals surface area (Å²) in [6, 6.07) is 16.8. The standard InChI is InChI=1S/C20H18N2OS2/c23-14-6-13-22-16-8-2-4-10-18(16)25-20(22)12-5-11-19-21-15-7-1-3-9-17(15)24-19/h1-5,7-12,23H,6,13-14H2/p+1. The number of hydrogen-bond donors (Lipinski definition) is 2. The number of anilines is 1. The van der Waals surface area contributed by atoms with Crippen molar-refractivity contribution in [2.45, 2.75) is 17.9 Å². The number of allylic oxidation sites excluding steroid dienone is 2. The zero-order valence-corrected chi connectivity index (χ0v) is 15.3. The Balaban J connectivity index is 1.58. The highest BCUT2D eigenvalue weighted by molar-refractivity contribution is 8.03. The third-order valence-electron chi connectivity index (χ3n) is 4.03. The molecule has 3 nitrogen and oxygen atoms in total. The largest absolute Gasteiger partial charge is 0.396 e. The van der Waals surface area contributed by atoms with Crippen LogP contribution in [0.25, 0.3) is 16.3 Å². The van der Waals surface area contributed by atoms with E-state index in [0.29, 0.717) is 0 Å². The lowest BCUT2D eigenvalue weighted by molar-refractivity contribution is -0.669. The van der Waals surface area contributed by atoms with Crippen LogP contribution in [-0.4, -0.2) is 11.7 Å². The first-order valence-electron chi connectivity index (χ1n) is 8.29. The Morgan fingerprint density at radius 1 is 1.08 bits per heavy atom. The number of nitrogens with zero attached hydrogens (tertiary/aromatic N) is 1. The normalized spacial score (nSPS) is 15.2. The van der Waals surface area contributed by atoms with Crippen LogP contribution in [0.15, 0.2) is 70.6 Å². The number of aliphatic hydroxyl groups is 1. The first-order valence-corrected chi connectivity index (χ1v) is 9.93. The lowest BCUT2D eigenvalue weighted by Crippen LogP contribution is -2.35. The maximum atomic E-state index is 9.19. The number of aliphatic hydroxyl groups excluding tert-OH is 1. The van der Waals surface area contributed by atoms with E-state index in [9.17, 15) is 5.11 Å². The van der Waals surface area contributed by atoms with Gasteiger partial charge in [0.2, 0.25) is 5.52 Å². The number of benzene rings is 2. The smallest absolute Gasteiger partial charge is 0.262 e. The third-order valence-corrected chi connectivity index (χ3v) is 6.19. The van der Waals surface area contributed by atoms with Crippen molar-refractivity contribution in [1.82, 2.24) is 0 Å². The van der Waals surface area contributed by atoms with Crippen molar-refractivity contribution in [2.24, 2.45) is 0 Å². The number of hydrogen-bond acceptors (Lipinski definition) is 4. The fourth-order valence-corrected chi connectivity index (χ4v) is 4.89.